The number of hydrogen-bond donors (Lipinski definition) is 3. The maximum atomic E-state index is 12.1. The number of anilines is 2. The molecule has 0 aliphatic rings. The number of hydrogen-bond acceptors (Lipinski definition) is 9. The molecule has 4 N–H and O–H groups in total. The first-order valence-electron chi connectivity index (χ1n) is 8.46. The lowest BCUT2D eigenvalue weighted by Gasteiger charge is -2.06. The standard InChI is InChI=1S/C17H14Cl2N8O3S/c18-11-6-5-10(12(19)7-11)8-21-23-16-24-25-17(26(16)20)31-9-15(28)22-13-3-1-2-4-14(13)27(29)30/h1-8H,9,20H2,(H,22,28)(H,23,24)/b21-8+. The van der Waals surface area contributed by atoms with Gasteiger partial charge in [0.25, 0.3) is 11.6 Å². The lowest BCUT2D eigenvalue weighted by Crippen LogP contribution is -2.17. The van der Waals surface area contributed by atoms with Gasteiger partial charge in [-0.2, -0.15) is 5.10 Å². The van der Waals surface area contributed by atoms with Gasteiger partial charge in [-0.05, 0) is 18.2 Å². The second kappa shape index (κ2) is 10.1. The van der Waals surface area contributed by atoms with Gasteiger partial charge in [-0.3, -0.25) is 14.9 Å². The van der Waals surface area contributed by atoms with E-state index in [0.29, 0.717) is 15.6 Å². The molecule has 0 saturated heterocycles. The molecule has 0 fully saturated rings. The van der Waals surface area contributed by atoms with Crippen molar-refractivity contribution in [3.8, 4) is 0 Å². The monoisotopic (exact) mass is 480 g/mol. The minimum atomic E-state index is -0.574. The summed E-state index contributed by atoms with van der Waals surface area (Å²) in [6.45, 7) is 0. The number of benzene rings is 2. The smallest absolute Gasteiger partial charge is 0.292 e. The van der Waals surface area contributed by atoms with E-state index in [1.54, 1.807) is 24.3 Å². The number of carbonyl (C=O) groups is 1. The number of aromatic nitrogens is 3. The summed E-state index contributed by atoms with van der Waals surface area (Å²) < 4.78 is 1.11. The van der Waals surface area contributed by atoms with Crippen molar-refractivity contribution < 1.29 is 9.72 Å². The number of thioether (sulfide) groups is 1. The lowest BCUT2D eigenvalue weighted by molar-refractivity contribution is -0.383. The number of nitrogens with zero attached hydrogens (tertiary/aromatic N) is 5. The molecular weight excluding hydrogens is 467 g/mol. The number of para-hydroxylation sites is 2. The molecule has 0 aliphatic carbocycles. The van der Waals surface area contributed by atoms with E-state index in [-0.39, 0.29) is 28.2 Å². The molecular formula is C17H14Cl2N8O3S. The normalized spacial score (nSPS) is 10.9. The third-order valence-electron chi connectivity index (χ3n) is 3.70. The van der Waals surface area contributed by atoms with Crippen molar-refractivity contribution >= 4 is 64.4 Å². The van der Waals surface area contributed by atoms with E-state index in [1.165, 1.54) is 24.4 Å². The molecule has 0 saturated carbocycles. The van der Waals surface area contributed by atoms with Gasteiger partial charge in [-0.1, -0.05) is 53.2 Å². The number of carbonyl (C=O) groups excluding carboxylic acids is 1. The van der Waals surface area contributed by atoms with Crippen LogP contribution < -0.4 is 16.6 Å². The molecule has 2 aromatic carbocycles. The molecule has 1 aromatic heterocycles. The van der Waals surface area contributed by atoms with Gasteiger partial charge in [0.1, 0.15) is 5.69 Å². The van der Waals surface area contributed by atoms with E-state index >= 15 is 0 Å². The Kier molecular flexibility index (Phi) is 7.28. The minimum Gasteiger partial charge on any atom is -0.334 e. The van der Waals surface area contributed by atoms with Gasteiger partial charge in [-0.25, -0.2) is 10.1 Å². The van der Waals surface area contributed by atoms with Crippen LogP contribution in [0.15, 0.2) is 52.7 Å². The fourth-order valence-electron chi connectivity index (χ4n) is 2.27. The van der Waals surface area contributed by atoms with Crippen molar-refractivity contribution in [2.45, 2.75) is 5.16 Å². The molecule has 31 heavy (non-hydrogen) atoms. The zero-order valence-corrected chi connectivity index (χ0v) is 17.9. The Morgan fingerprint density at radius 1 is 1.29 bits per heavy atom. The number of rotatable bonds is 8. The van der Waals surface area contributed by atoms with Crippen molar-refractivity contribution in [2.24, 2.45) is 5.10 Å². The SMILES string of the molecule is Nn1c(N/N=C/c2ccc(Cl)cc2Cl)nnc1SCC(=O)Nc1ccccc1[N+](=O)[O-]. The molecule has 0 spiro atoms. The first-order valence-corrected chi connectivity index (χ1v) is 10.2. The van der Waals surface area contributed by atoms with Crippen LogP contribution in [0.3, 0.4) is 0 Å². The van der Waals surface area contributed by atoms with Gasteiger partial charge in [-0.15, -0.1) is 10.2 Å². The fourth-order valence-corrected chi connectivity index (χ4v) is 3.39. The van der Waals surface area contributed by atoms with Crippen LogP contribution in [0, 0.1) is 10.1 Å². The molecule has 1 heterocycles. The number of nitrogens with one attached hydrogen (secondary N) is 2. The van der Waals surface area contributed by atoms with Gasteiger partial charge in [0.15, 0.2) is 0 Å². The maximum Gasteiger partial charge on any atom is 0.292 e. The summed E-state index contributed by atoms with van der Waals surface area (Å²) in [7, 11) is 0. The Morgan fingerprint density at radius 3 is 2.81 bits per heavy atom. The molecule has 3 aromatic rings. The molecule has 0 aliphatic heterocycles. The summed E-state index contributed by atoms with van der Waals surface area (Å²) in [5.41, 5.74) is 3.15. The predicted octanol–water partition coefficient (Wildman–Crippen LogP) is 3.38. The molecule has 11 nitrogen and oxygen atoms in total. The topological polar surface area (TPSA) is 153 Å². The van der Waals surface area contributed by atoms with Gasteiger partial charge < -0.3 is 11.2 Å². The average molecular weight is 481 g/mol. The maximum absolute atomic E-state index is 12.1. The van der Waals surface area contributed by atoms with Crippen LogP contribution in [0.2, 0.25) is 10.0 Å². The van der Waals surface area contributed by atoms with Gasteiger partial charge in [0, 0.05) is 16.7 Å². The summed E-state index contributed by atoms with van der Waals surface area (Å²) in [6, 6.07) is 10.8. The Morgan fingerprint density at radius 2 is 2.06 bits per heavy atom. The Labute approximate surface area is 189 Å². The Balaban J connectivity index is 1.57. The third-order valence-corrected chi connectivity index (χ3v) is 5.21. The van der Waals surface area contributed by atoms with Crippen molar-refractivity contribution in [3.05, 3.63) is 68.2 Å². The molecule has 160 valence electrons. The van der Waals surface area contributed by atoms with Crippen LogP contribution in [0.5, 0.6) is 0 Å². The molecule has 14 heteroatoms. The van der Waals surface area contributed by atoms with E-state index in [2.05, 4.69) is 26.0 Å². The summed E-state index contributed by atoms with van der Waals surface area (Å²) in [6.07, 6.45) is 1.46. The van der Waals surface area contributed by atoms with E-state index in [9.17, 15) is 14.9 Å². The van der Waals surface area contributed by atoms with Gasteiger partial charge in [0.05, 0.1) is 21.9 Å². The zero-order chi connectivity index (χ0) is 22.4. The van der Waals surface area contributed by atoms with Gasteiger partial charge in [0.2, 0.25) is 11.1 Å². The van der Waals surface area contributed by atoms with Crippen LogP contribution in [0.1, 0.15) is 5.56 Å². The summed E-state index contributed by atoms with van der Waals surface area (Å²) in [4.78, 5) is 22.6. The van der Waals surface area contributed by atoms with Crippen molar-refractivity contribution in [3.63, 3.8) is 0 Å². The van der Waals surface area contributed by atoms with Crippen LogP contribution >= 0.6 is 35.0 Å². The largest absolute Gasteiger partial charge is 0.334 e. The molecule has 3 rings (SSSR count). The number of nitro groups is 1. The van der Waals surface area contributed by atoms with Crippen LogP contribution in [-0.2, 0) is 4.79 Å². The number of nitrogens with two attached hydrogens (primary N) is 1. The highest BCUT2D eigenvalue weighted by Gasteiger charge is 2.16. The van der Waals surface area contributed by atoms with E-state index in [0.717, 1.165) is 16.4 Å². The number of nitrogen functional groups attached to an aromatic ring is 1. The fraction of sp³-hybridized carbons (Fsp3) is 0.0588. The Bertz CT molecular complexity index is 1150. The van der Waals surface area contributed by atoms with Crippen molar-refractivity contribution in [2.75, 3.05) is 22.3 Å². The first kappa shape index (κ1) is 22.3. The Hall–Kier alpha value is -3.35. The molecule has 1 amide bonds. The van der Waals surface area contributed by atoms with Crippen LogP contribution in [-0.4, -0.2) is 37.7 Å². The highest BCUT2D eigenvalue weighted by molar-refractivity contribution is 7.99. The second-order valence-corrected chi connectivity index (χ2v) is 7.61. The highest BCUT2D eigenvalue weighted by atomic mass is 35.5. The van der Waals surface area contributed by atoms with Gasteiger partial charge >= 0.3 is 0 Å². The summed E-state index contributed by atoms with van der Waals surface area (Å²) >= 11 is 12.9. The number of nitro benzene ring substituents is 1. The number of hydrazone groups is 1. The molecule has 0 unspecified atom stereocenters. The van der Waals surface area contributed by atoms with E-state index in [1.807, 2.05) is 0 Å². The average Bonchev–Trinajstić information content (AvgIpc) is 3.08. The second-order valence-electron chi connectivity index (χ2n) is 5.82. The van der Waals surface area contributed by atoms with E-state index < -0.39 is 10.8 Å². The highest BCUT2D eigenvalue weighted by Crippen LogP contribution is 2.24. The first-order chi connectivity index (χ1) is 14.8. The molecule has 0 radical (unpaired) electrons. The number of amides is 1. The van der Waals surface area contributed by atoms with Crippen LogP contribution in [0.25, 0.3) is 0 Å². The predicted molar refractivity (Wildman–Crippen MR) is 120 cm³/mol. The lowest BCUT2D eigenvalue weighted by atomic mass is 10.2. The van der Waals surface area contributed by atoms with E-state index in [4.69, 9.17) is 29.0 Å². The molecule has 0 bridgehead atoms. The van der Waals surface area contributed by atoms with Crippen LogP contribution in [0.4, 0.5) is 17.3 Å². The number of halogens is 2. The summed E-state index contributed by atoms with van der Waals surface area (Å²) in [5.74, 6) is 5.48. The summed E-state index contributed by atoms with van der Waals surface area (Å²) in [5, 5.41) is 26.4. The van der Waals surface area contributed by atoms with Crippen molar-refractivity contribution in [1.29, 1.82) is 0 Å². The third kappa shape index (κ3) is 5.84. The quantitative estimate of drug-likeness (QED) is 0.146. The zero-order valence-electron chi connectivity index (χ0n) is 15.5. The van der Waals surface area contributed by atoms with Crippen molar-refractivity contribution in [1.82, 2.24) is 14.9 Å². The minimum absolute atomic E-state index is 0.0922. The molecule has 0 atom stereocenters.